The van der Waals surface area contributed by atoms with Crippen molar-refractivity contribution in [3.63, 3.8) is 0 Å². The number of carbonyl (C=O) groups is 1. The summed E-state index contributed by atoms with van der Waals surface area (Å²) in [6.07, 6.45) is 1.55. The average Bonchev–Trinajstić information content (AvgIpc) is 2.25. The molecule has 0 aliphatic carbocycles. The molecule has 1 N–H and O–H groups in total. The fourth-order valence-electron chi connectivity index (χ4n) is 0.998. The van der Waals surface area contributed by atoms with Crippen molar-refractivity contribution in [2.75, 3.05) is 13.7 Å². The Hall–Kier alpha value is -1.55. The molecule has 0 radical (unpaired) electrons. The van der Waals surface area contributed by atoms with Gasteiger partial charge in [0.1, 0.15) is 5.56 Å². The molecule has 0 spiro atoms. The van der Waals surface area contributed by atoms with Crippen molar-refractivity contribution >= 4 is 17.5 Å². The molecular formula is C10H11ClN2O2. The lowest BCUT2D eigenvalue weighted by Crippen LogP contribution is -2.25. The molecule has 0 aliphatic rings. The number of amides is 1. The van der Waals surface area contributed by atoms with Gasteiger partial charge in [0.15, 0.2) is 0 Å². The van der Waals surface area contributed by atoms with Crippen LogP contribution in [0.1, 0.15) is 10.4 Å². The first-order valence-electron chi connectivity index (χ1n) is 4.25. The van der Waals surface area contributed by atoms with Crippen LogP contribution in [0, 0.1) is 0 Å². The molecule has 0 atom stereocenters. The number of pyridine rings is 1. The van der Waals surface area contributed by atoms with E-state index in [0.29, 0.717) is 10.6 Å². The quantitative estimate of drug-likeness (QED) is 0.848. The van der Waals surface area contributed by atoms with Gasteiger partial charge in [-0.3, -0.25) is 4.79 Å². The van der Waals surface area contributed by atoms with Crippen molar-refractivity contribution in [1.82, 2.24) is 10.3 Å². The van der Waals surface area contributed by atoms with Crippen LogP contribution in [-0.4, -0.2) is 24.5 Å². The van der Waals surface area contributed by atoms with E-state index in [1.807, 2.05) is 0 Å². The van der Waals surface area contributed by atoms with Crippen molar-refractivity contribution in [2.45, 2.75) is 0 Å². The van der Waals surface area contributed by atoms with Crippen molar-refractivity contribution in [1.29, 1.82) is 0 Å². The highest BCUT2D eigenvalue weighted by Crippen LogP contribution is 2.13. The molecule has 5 heteroatoms. The van der Waals surface area contributed by atoms with Crippen LogP contribution in [0.4, 0.5) is 0 Å². The molecule has 80 valence electrons. The van der Waals surface area contributed by atoms with Crippen molar-refractivity contribution < 1.29 is 9.53 Å². The number of nitrogens with zero attached hydrogens (tertiary/aromatic N) is 1. The van der Waals surface area contributed by atoms with Gasteiger partial charge >= 0.3 is 0 Å². The minimum Gasteiger partial charge on any atom is -0.480 e. The lowest BCUT2D eigenvalue weighted by Gasteiger charge is -2.06. The fraction of sp³-hybridized carbons (Fsp3) is 0.200. The Balaban J connectivity index is 2.77. The lowest BCUT2D eigenvalue weighted by atomic mass is 10.2. The van der Waals surface area contributed by atoms with Gasteiger partial charge in [0, 0.05) is 11.2 Å². The third-order valence-electron chi connectivity index (χ3n) is 1.65. The van der Waals surface area contributed by atoms with E-state index in [1.54, 1.807) is 18.3 Å². The highest BCUT2D eigenvalue weighted by atomic mass is 35.5. The molecule has 1 aromatic rings. The second-order valence-electron chi connectivity index (χ2n) is 2.76. The SMILES string of the molecule is C=C(Cl)CNC(=O)c1cccnc1OC. The monoisotopic (exact) mass is 226 g/mol. The number of aromatic nitrogens is 1. The summed E-state index contributed by atoms with van der Waals surface area (Å²) in [7, 11) is 1.46. The van der Waals surface area contributed by atoms with Gasteiger partial charge in [-0.05, 0) is 12.1 Å². The number of nitrogens with one attached hydrogen (secondary N) is 1. The van der Waals surface area contributed by atoms with E-state index >= 15 is 0 Å². The summed E-state index contributed by atoms with van der Waals surface area (Å²) in [6.45, 7) is 3.69. The molecule has 0 fully saturated rings. The molecule has 0 aromatic carbocycles. The zero-order chi connectivity index (χ0) is 11.3. The molecular weight excluding hydrogens is 216 g/mol. The topological polar surface area (TPSA) is 51.2 Å². The number of rotatable bonds is 4. The molecule has 1 heterocycles. The van der Waals surface area contributed by atoms with Gasteiger partial charge in [-0.15, -0.1) is 0 Å². The molecule has 0 aliphatic heterocycles. The summed E-state index contributed by atoms with van der Waals surface area (Å²) >= 11 is 5.53. The van der Waals surface area contributed by atoms with Crippen molar-refractivity contribution in [2.24, 2.45) is 0 Å². The fourth-order valence-corrected chi connectivity index (χ4v) is 1.06. The predicted molar refractivity (Wildman–Crippen MR) is 58.1 cm³/mol. The molecule has 1 rings (SSSR count). The van der Waals surface area contributed by atoms with Crippen LogP contribution < -0.4 is 10.1 Å². The van der Waals surface area contributed by atoms with Gasteiger partial charge in [0.25, 0.3) is 5.91 Å². The van der Waals surface area contributed by atoms with Gasteiger partial charge in [0.05, 0.1) is 13.7 Å². The second kappa shape index (κ2) is 5.36. The molecule has 0 bridgehead atoms. The minimum absolute atomic E-state index is 0.221. The van der Waals surface area contributed by atoms with E-state index in [0.717, 1.165) is 0 Å². The molecule has 0 saturated heterocycles. The third-order valence-corrected chi connectivity index (χ3v) is 1.78. The maximum absolute atomic E-state index is 11.6. The Morgan fingerprint density at radius 2 is 2.47 bits per heavy atom. The summed E-state index contributed by atoms with van der Waals surface area (Å²) in [6, 6.07) is 3.28. The first kappa shape index (κ1) is 11.5. The molecule has 15 heavy (non-hydrogen) atoms. The van der Waals surface area contributed by atoms with E-state index in [9.17, 15) is 4.79 Å². The normalized spacial score (nSPS) is 9.47. The second-order valence-corrected chi connectivity index (χ2v) is 3.29. The zero-order valence-electron chi connectivity index (χ0n) is 8.29. The van der Waals surface area contributed by atoms with Crippen LogP contribution in [0.5, 0.6) is 5.88 Å². The first-order valence-corrected chi connectivity index (χ1v) is 4.63. The Morgan fingerprint density at radius 3 is 3.07 bits per heavy atom. The van der Waals surface area contributed by atoms with Gasteiger partial charge in [0.2, 0.25) is 5.88 Å². The van der Waals surface area contributed by atoms with Crippen LogP contribution in [0.25, 0.3) is 0 Å². The number of methoxy groups -OCH3 is 1. The van der Waals surface area contributed by atoms with Crippen LogP contribution in [0.2, 0.25) is 0 Å². The van der Waals surface area contributed by atoms with E-state index in [2.05, 4.69) is 16.9 Å². The smallest absolute Gasteiger partial charge is 0.257 e. The van der Waals surface area contributed by atoms with Crippen molar-refractivity contribution in [3.05, 3.63) is 35.5 Å². The van der Waals surface area contributed by atoms with E-state index in [4.69, 9.17) is 16.3 Å². The summed E-state index contributed by atoms with van der Waals surface area (Å²) in [5.74, 6) is -0.00284. The predicted octanol–water partition coefficient (Wildman–Crippen LogP) is 1.57. The summed E-state index contributed by atoms with van der Waals surface area (Å²) in [5.41, 5.74) is 0.373. The Labute approximate surface area is 92.9 Å². The number of ether oxygens (including phenoxy) is 1. The van der Waals surface area contributed by atoms with E-state index in [-0.39, 0.29) is 18.3 Å². The minimum atomic E-state index is -0.290. The third kappa shape index (κ3) is 3.25. The molecule has 1 amide bonds. The largest absolute Gasteiger partial charge is 0.480 e. The Bertz CT molecular complexity index is 379. The Morgan fingerprint density at radius 1 is 1.73 bits per heavy atom. The number of carbonyl (C=O) groups excluding carboxylic acids is 1. The summed E-state index contributed by atoms with van der Waals surface area (Å²) in [4.78, 5) is 15.5. The first-order chi connectivity index (χ1) is 7.15. The Kier molecular flexibility index (Phi) is 4.12. The average molecular weight is 227 g/mol. The zero-order valence-corrected chi connectivity index (χ0v) is 9.04. The van der Waals surface area contributed by atoms with E-state index in [1.165, 1.54) is 7.11 Å². The summed E-state index contributed by atoms with van der Waals surface area (Å²) < 4.78 is 4.95. The van der Waals surface area contributed by atoms with Gasteiger partial charge in [-0.2, -0.15) is 0 Å². The standard InChI is InChI=1S/C10H11ClN2O2/c1-7(11)6-13-9(14)8-4-3-5-12-10(8)15-2/h3-5H,1,6H2,2H3,(H,13,14). The number of hydrogen-bond acceptors (Lipinski definition) is 3. The highest BCUT2D eigenvalue weighted by Gasteiger charge is 2.11. The maximum Gasteiger partial charge on any atom is 0.257 e. The molecule has 1 aromatic heterocycles. The van der Waals surface area contributed by atoms with Crippen molar-refractivity contribution in [3.8, 4) is 5.88 Å². The van der Waals surface area contributed by atoms with Gasteiger partial charge in [-0.1, -0.05) is 18.2 Å². The molecule has 0 saturated carbocycles. The lowest BCUT2D eigenvalue weighted by molar-refractivity contribution is 0.0954. The number of halogens is 1. The number of hydrogen-bond donors (Lipinski definition) is 1. The van der Waals surface area contributed by atoms with Crippen LogP contribution in [-0.2, 0) is 0 Å². The molecule has 4 nitrogen and oxygen atoms in total. The van der Waals surface area contributed by atoms with E-state index < -0.39 is 0 Å². The highest BCUT2D eigenvalue weighted by molar-refractivity contribution is 6.29. The summed E-state index contributed by atoms with van der Waals surface area (Å²) in [5, 5.41) is 2.95. The van der Waals surface area contributed by atoms with Crippen LogP contribution in [0.15, 0.2) is 29.9 Å². The van der Waals surface area contributed by atoms with Crippen LogP contribution >= 0.6 is 11.6 Å². The van der Waals surface area contributed by atoms with Gasteiger partial charge < -0.3 is 10.1 Å². The van der Waals surface area contributed by atoms with Crippen LogP contribution in [0.3, 0.4) is 0 Å². The maximum atomic E-state index is 11.6. The van der Waals surface area contributed by atoms with Gasteiger partial charge in [-0.25, -0.2) is 4.98 Å². The molecule has 0 unspecified atom stereocenters.